The number of ether oxygens (including phenoxy) is 1. The van der Waals surface area contributed by atoms with Crippen LogP contribution in [0.1, 0.15) is 27.9 Å². The van der Waals surface area contributed by atoms with Crippen LogP contribution < -0.4 is 10.5 Å². The first-order valence-corrected chi connectivity index (χ1v) is 7.18. The molecule has 2 rings (SSSR count). The molecule has 4 nitrogen and oxygen atoms in total. The van der Waals surface area contributed by atoms with Crippen LogP contribution in [0.4, 0.5) is 0 Å². The zero-order valence-electron chi connectivity index (χ0n) is 12.3. The second kappa shape index (κ2) is 5.95. The molecule has 2 N–H and O–H groups in total. The summed E-state index contributed by atoms with van der Waals surface area (Å²) in [6, 6.07) is 3.66. The average Bonchev–Trinajstić information content (AvgIpc) is 2.37. The van der Waals surface area contributed by atoms with Crippen LogP contribution >= 0.6 is 23.8 Å². The van der Waals surface area contributed by atoms with Gasteiger partial charge in [0, 0.05) is 5.02 Å². The smallest absolute Gasteiger partial charge is 0.249 e. The Bertz CT molecular complexity index is 708. The van der Waals surface area contributed by atoms with Gasteiger partial charge in [0.15, 0.2) is 0 Å². The van der Waals surface area contributed by atoms with Gasteiger partial charge in [0.2, 0.25) is 5.88 Å². The number of hydrogen-bond acceptors (Lipinski definition) is 4. The third kappa shape index (κ3) is 3.14. The van der Waals surface area contributed by atoms with Gasteiger partial charge < -0.3 is 10.5 Å². The fourth-order valence-corrected chi connectivity index (χ4v) is 2.67. The predicted octanol–water partition coefficient (Wildman–Crippen LogP) is 3.79. The van der Waals surface area contributed by atoms with Crippen LogP contribution in [0, 0.1) is 27.7 Å². The van der Waals surface area contributed by atoms with Crippen molar-refractivity contribution in [2.75, 3.05) is 0 Å². The summed E-state index contributed by atoms with van der Waals surface area (Å²) < 4.78 is 5.92. The fourth-order valence-electron chi connectivity index (χ4n) is 2.10. The number of nitrogens with zero attached hydrogens (tertiary/aromatic N) is 2. The van der Waals surface area contributed by atoms with Crippen molar-refractivity contribution in [3.8, 4) is 11.6 Å². The number of halogens is 1. The Hall–Kier alpha value is -1.72. The second-order valence-electron chi connectivity index (χ2n) is 4.93. The Morgan fingerprint density at radius 1 is 1.14 bits per heavy atom. The Labute approximate surface area is 134 Å². The zero-order chi connectivity index (χ0) is 15.7. The normalized spacial score (nSPS) is 10.5. The van der Waals surface area contributed by atoms with Gasteiger partial charge in [-0.15, -0.1) is 5.10 Å². The molecule has 0 spiro atoms. The SMILES string of the molecule is Cc1cc(Cl)cc(C)c1Oc1nnc(C)c(C)c1C(N)=S. The molecular weight excluding hydrogens is 306 g/mol. The lowest BCUT2D eigenvalue weighted by Crippen LogP contribution is -2.15. The molecule has 0 radical (unpaired) electrons. The van der Waals surface area contributed by atoms with Crippen LogP contribution in [-0.4, -0.2) is 15.2 Å². The first kappa shape index (κ1) is 15.7. The minimum Gasteiger partial charge on any atom is -0.436 e. The summed E-state index contributed by atoms with van der Waals surface area (Å²) in [5, 5.41) is 8.83. The molecule has 110 valence electrons. The van der Waals surface area contributed by atoms with Gasteiger partial charge in [-0.25, -0.2) is 0 Å². The number of thiocarbonyl (C=S) groups is 1. The number of aromatic nitrogens is 2. The number of benzene rings is 1. The highest BCUT2D eigenvalue weighted by atomic mass is 35.5. The van der Waals surface area contributed by atoms with Gasteiger partial charge in [-0.05, 0) is 56.5 Å². The van der Waals surface area contributed by atoms with Crippen molar-refractivity contribution in [2.24, 2.45) is 5.73 Å². The van der Waals surface area contributed by atoms with Gasteiger partial charge in [0.1, 0.15) is 10.7 Å². The fraction of sp³-hybridized carbons (Fsp3) is 0.267. The van der Waals surface area contributed by atoms with E-state index in [1.54, 1.807) is 0 Å². The molecule has 0 saturated carbocycles. The van der Waals surface area contributed by atoms with E-state index in [1.807, 2.05) is 39.8 Å². The molecule has 1 heterocycles. The Kier molecular flexibility index (Phi) is 4.44. The van der Waals surface area contributed by atoms with Gasteiger partial charge in [-0.2, -0.15) is 5.10 Å². The maximum atomic E-state index is 6.03. The van der Waals surface area contributed by atoms with Gasteiger partial charge in [-0.1, -0.05) is 23.8 Å². The van der Waals surface area contributed by atoms with Crippen molar-refractivity contribution in [1.82, 2.24) is 10.2 Å². The quantitative estimate of drug-likeness (QED) is 0.871. The van der Waals surface area contributed by atoms with E-state index in [9.17, 15) is 0 Å². The second-order valence-corrected chi connectivity index (χ2v) is 5.80. The van der Waals surface area contributed by atoms with Crippen LogP contribution in [0.2, 0.25) is 5.02 Å². The highest BCUT2D eigenvalue weighted by Crippen LogP contribution is 2.32. The molecule has 0 amide bonds. The number of nitrogens with two attached hydrogens (primary N) is 1. The molecule has 0 atom stereocenters. The van der Waals surface area contributed by atoms with E-state index in [2.05, 4.69) is 10.2 Å². The molecule has 0 fully saturated rings. The molecule has 0 aliphatic carbocycles. The van der Waals surface area contributed by atoms with E-state index in [4.69, 9.17) is 34.3 Å². The molecular formula is C15H16ClN3OS. The van der Waals surface area contributed by atoms with Crippen molar-refractivity contribution >= 4 is 28.8 Å². The van der Waals surface area contributed by atoms with E-state index in [0.29, 0.717) is 22.2 Å². The molecule has 0 aliphatic heterocycles. The van der Waals surface area contributed by atoms with Crippen molar-refractivity contribution < 1.29 is 4.74 Å². The van der Waals surface area contributed by atoms with E-state index in [-0.39, 0.29) is 4.99 Å². The van der Waals surface area contributed by atoms with E-state index >= 15 is 0 Å². The van der Waals surface area contributed by atoms with Crippen molar-refractivity contribution in [3.05, 3.63) is 45.1 Å². The first-order chi connectivity index (χ1) is 9.81. The van der Waals surface area contributed by atoms with E-state index in [1.165, 1.54) is 0 Å². The highest BCUT2D eigenvalue weighted by Gasteiger charge is 2.17. The molecule has 6 heteroatoms. The lowest BCUT2D eigenvalue weighted by atomic mass is 10.1. The van der Waals surface area contributed by atoms with E-state index < -0.39 is 0 Å². The summed E-state index contributed by atoms with van der Waals surface area (Å²) in [7, 11) is 0. The van der Waals surface area contributed by atoms with Crippen LogP contribution in [0.5, 0.6) is 11.6 Å². The summed E-state index contributed by atoms with van der Waals surface area (Å²) >= 11 is 11.1. The predicted molar refractivity (Wildman–Crippen MR) is 88.4 cm³/mol. The Balaban J connectivity index is 2.55. The lowest BCUT2D eigenvalue weighted by molar-refractivity contribution is 0.446. The van der Waals surface area contributed by atoms with Crippen LogP contribution in [0.25, 0.3) is 0 Å². The zero-order valence-corrected chi connectivity index (χ0v) is 13.9. The maximum absolute atomic E-state index is 6.03. The summed E-state index contributed by atoms with van der Waals surface area (Å²) in [5.41, 5.74) is 9.88. The summed E-state index contributed by atoms with van der Waals surface area (Å²) in [5.74, 6) is 1.01. The number of aryl methyl sites for hydroxylation is 3. The average molecular weight is 322 g/mol. The van der Waals surface area contributed by atoms with Crippen molar-refractivity contribution in [3.63, 3.8) is 0 Å². The van der Waals surface area contributed by atoms with Gasteiger partial charge >= 0.3 is 0 Å². The summed E-state index contributed by atoms with van der Waals surface area (Å²) in [6.07, 6.45) is 0. The minimum atomic E-state index is 0.241. The van der Waals surface area contributed by atoms with Crippen LogP contribution in [0.3, 0.4) is 0 Å². The summed E-state index contributed by atoms with van der Waals surface area (Å²) in [6.45, 7) is 7.59. The van der Waals surface area contributed by atoms with Crippen LogP contribution in [0.15, 0.2) is 12.1 Å². The highest BCUT2D eigenvalue weighted by molar-refractivity contribution is 7.80. The van der Waals surface area contributed by atoms with Crippen molar-refractivity contribution in [1.29, 1.82) is 0 Å². The summed E-state index contributed by atoms with van der Waals surface area (Å²) in [4.78, 5) is 0.241. The monoisotopic (exact) mass is 321 g/mol. The molecule has 0 aliphatic rings. The molecule has 2 aromatic rings. The Morgan fingerprint density at radius 3 is 2.24 bits per heavy atom. The molecule has 21 heavy (non-hydrogen) atoms. The molecule has 0 bridgehead atoms. The topological polar surface area (TPSA) is 61.0 Å². The van der Waals surface area contributed by atoms with Gasteiger partial charge in [-0.3, -0.25) is 0 Å². The lowest BCUT2D eigenvalue weighted by Gasteiger charge is -2.15. The number of rotatable bonds is 3. The van der Waals surface area contributed by atoms with Gasteiger partial charge in [0.05, 0.1) is 11.3 Å². The number of hydrogen-bond donors (Lipinski definition) is 1. The Morgan fingerprint density at radius 2 is 1.71 bits per heavy atom. The first-order valence-electron chi connectivity index (χ1n) is 6.39. The molecule has 1 aromatic heterocycles. The molecule has 0 saturated heterocycles. The van der Waals surface area contributed by atoms with Gasteiger partial charge in [0.25, 0.3) is 0 Å². The third-order valence-electron chi connectivity index (χ3n) is 3.29. The molecule has 1 aromatic carbocycles. The third-order valence-corrected chi connectivity index (χ3v) is 3.71. The van der Waals surface area contributed by atoms with Crippen molar-refractivity contribution in [2.45, 2.75) is 27.7 Å². The van der Waals surface area contributed by atoms with Crippen LogP contribution in [-0.2, 0) is 0 Å². The largest absolute Gasteiger partial charge is 0.436 e. The standard InChI is InChI=1S/C15H16ClN3OS/c1-7-5-11(16)6-8(2)13(7)20-15-12(14(17)21)9(3)10(4)18-19-15/h5-6H,1-4H3,(H2,17,21). The maximum Gasteiger partial charge on any atom is 0.249 e. The van der Waals surface area contributed by atoms with E-state index in [0.717, 1.165) is 22.4 Å². The minimum absolute atomic E-state index is 0.241. The molecule has 0 unspecified atom stereocenters.